The number of hydrogen-bond acceptors (Lipinski definition) is 5. The van der Waals surface area contributed by atoms with Gasteiger partial charge in [0.1, 0.15) is 0 Å². The highest BCUT2D eigenvalue weighted by Crippen LogP contribution is 2.35. The Balaban J connectivity index is 1.67. The molecule has 0 saturated carbocycles. The van der Waals surface area contributed by atoms with Crippen LogP contribution < -0.4 is 5.56 Å². The van der Waals surface area contributed by atoms with Gasteiger partial charge in [-0.05, 0) is 23.8 Å². The van der Waals surface area contributed by atoms with Crippen molar-refractivity contribution in [3.8, 4) is 5.88 Å². The molecule has 0 radical (unpaired) electrons. The molecule has 0 unspecified atom stereocenters. The topological polar surface area (TPSA) is 95.6 Å². The van der Waals surface area contributed by atoms with E-state index in [1.165, 1.54) is 4.57 Å². The number of benzene rings is 3. The van der Waals surface area contributed by atoms with Crippen LogP contribution in [0, 0.1) is 0 Å². The molecule has 3 aromatic carbocycles. The monoisotopic (exact) mass is 395 g/mol. The predicted molar refractivity (Wildman–Crippen MR) is 116 cm³/mol. The number of fused-ring (bicyclic) bond motifs is 2. The summed E-state index contributed by atoms with van der Waals surface area (Å²) >= 11 is 0. The fourth-order valence-corrected chi connectivity index (χ4v) is 3.45. The molecule has 2 aromatic heterocycles. The van der Waals surface area contributed by atoms with Crippen molar-refractivity contribution in [2.45, 2.75) is 6.54 Å². The maximum absolute atomic E-state index is 13.2. The summed E-state index contributed by atoms with van der Waals surface area (Å²) in [5.74, 6) is 0.0879. The van der Waals surface area contributed by atoms with Crippen LogP contribution in [-0.4, -0.2) is 19.6 Å². The third-order valence-electron chi connectivity index (χ3n) is 4.92. The summed E-state index contributed by atoms with van der Waals surface area (Å²) in [5.41, 5.74) is 2.35. The van der Waals surface area contributed by atoms with Gasteiger partial charge in [0, 0.05) is 5.39 Å². The molecule has 5 aromatic rings. The lowest BCUT2D eigenvalue weighted by Crippen LogP contribution is -2.22. The van der Waals surface area contributed by atoms with Crippen LogP contribution in [0.15, 0.2) is 93.9 Å². The lowest BCUT2D eigenvalue weighted by molar-refractivity contribution is 0.459. The average Bonchev–Trinajstić information content (AvgIpc) is 3.10. The van der Waals surface area contributed by atoms with Crippen LogP contribution in [0.2, 0.25) is 0 Å². The first-order valence-electron chi connectivity index (χ1n) is 9.45. The van der Waals surface area contributed by atoms with E-state index in [-0.39, 0.29) is 17.4 Å². The van der Waals surface area contributed by atoms with E-state index in [4.69, 9.17) is 0 Å². The van der Waals surface area contributed by atoms with Crippen molar-refractivity contribution in [3.05, 3.63) is 94.8 Å². The van der Waals surface area contributed by atoms with Crippen LogP contribution in [0.4, 0.5) is 11.6 Å². The van der Waals surface area contributed by atoms with Gasteiger partial charge in [-0.3, -0.25) is 9.36 Å². The minimum Gasteiger partial charge on any atom is -0.493 e. The van der Waals surface area contributed by atoms with Gasteiger partial charge in [-0.25, -0.2) is 4.98 Å². The molecular weight excluding hydrogens is 378 g/mol. The van der Waals surface area contributed by atoms with Gasteiger partial charge < -0.3 is 10.1 Å². The van der Waals surface area contributed by atoms with Crippen LogP contribution in [0.5, 0.6) is 5.88 Å². The van der Waals surface area contributed by atoms with Crippen molar-refractivity contribution in [2.24, 2.45) is 10.2 Å². The maximum atomic E-state index is 13.2. The van der Waals surface area contributed by atoms with Gasteiger partial charge in [0.05, 0.1) is 23.0 Å². The number of nitrogens with zero attached hydrogens (tertiary/aromatic N) is 4. The van der Waals surface area contributed by atoms with Crippen molar-refractivity contribution in [1.29, 1.82) is 0 Å². The molecule has 7 nitrogen and oxygen atoms in total. The molecule has 2 N–H and O–H groups in total. The van der Waals surface area contributed by atoms with Crippen LogP contribution in [0.1, 0.15) is 5.56 Å². The summed E-state index contributed by atoms with van der Waals surface area (Å²) in [6, 6.07) is 24.2. The predicted octanol–water partition coefficient (Wildman–Crippen LogP) is 5.05. The van der Waals surface area contributed by atoms with Crippen molar-refractivity contribution < 1.29 is 5.11 Å². The molecule has 0 fully saturated rings. The van der Waals surface area contributed by atoms with Gasteiger partial charge in [0.15, 0.2) is 5.69 Å². The van der Waals surface area contributed by atoms with Crippen LogP contribution >= 0.6 is 0 Å². The van der Waals surface area contributed by atoms with E-state index in [0.29, 0.717) is 23.1 Å². The molecule has 0 aliphatic carbocycles. The third kappa shape index (κ3) is 3.12. The number of rotatable bonds is 4. The Morgan fingerprint density at radius 3 is 2.40 bits per heavy atom. The maximum Gasteiger partial charge on any atom is 0.263 e. The highest BCUT2D eigenvalue weighted by molar-refractivity contribution is 5.94. The number of aromatic amines is 1. The van der Waals surface area contributed by atoms with E-state index in [9.17, 15) is 9.90 Å². The molecule has 5 rings (SSSR count). The van der Waals surface area contributed by atoms with E-state index in [0.717, 1.165) is 16.5 Å². The van der Waals surface area contributed by atoms with Gasteiger partial charge in [0.2, 0.25) is 5.88 Å². The van der Waals surface area contributed by atoms with Gasteiger partial charge in [0.25, 0.3) is 11.5 Å². The molecule has 146 valence electrons. The van der Waals surface area contributed by atoms with Gasteiger partial charge in [-0.1, -0.05) is 60.7 Å². The number of nitrogens with one attached hydrogen (secondary N) is 1. The zero-order valence-electron chi connectivity index (χ0n) is 15.9. The van der Waals surface area contributed by atoms with E-state index in [2.05, 4.69) is 20.2 Å². The largest absolute Gasteiger partial charge is 0.493 e. The Hall–Kier alpha value is -4.26. The van der Waals surface area contributed by atoms with E-state index in [1.807, 2.05) is 66.7 Å². The molecule has 0 saturated heterocycles. The molecule has 0 bridgehead atoms. The van der Waals surface area contributed by atoms with Crippen molar-refractivity contribution in [2.75, 3.05) is 0 Å². The quantitative estimate of drug-likeness (QED) is 0.417. The smallest absolute Gasteiger partial charge is 0.263 e. The molecule has 0 atom stereocenters. The Labute approximate surface area is 171 Å². The number of aromatic hydroxyl groups is 1. The number of hydrogen-bond donors (Lipinski definition) is 2. The summed E-state index contributed by atoms with van der Waals surface area (Å²) in [4.78, 5) is 20.6. The lowest BCUT2D eigenvalue weighted by Gasteiger charge is -2.10. The third-order valence-corrected chi connectivity index (χ3v) is 4.92. The summed E-state index contributed by atoms with van der Waals surface area (Å²) in [6.07, 6.45) is 0. The van der Waals surface area contributed by atoms with Gasteiger partial charge >= 0.3 is 0 Å². The number of aromatic nitrogens is 3. The molecule has 30 heavy (non-hydrogen) atoms. The highest BCUT2D eigenvalue weighted by atomic mass is 16.3. The molecule has 0 spiro atoms. The second-order valence-corrected chi connectivity index (χ2v) is 6.87. The SMILES string of the molecule is O=c1c2ccccc2nc(N=Nc2c(O)[nH]c3ccccc23)n1Cc1ccccc1. The van der Waals surface area contributed by atoms with Crippen LogP contribution in [0.3, 0.4) is 0 Å². The summed E-state index contributed by atoms with van der Waals surface area (Å²) < 4.78 is 1.49. The summed E-state index contributed by atoms with van der Waals surface area (Å²) in [6.45, 7) is 0.311. The molecule has 7 heteroatoms. The molecular formula is C23H17N5O2. The zero-order chi connectivity index (χ0) is 20.5. The van der Waals surface area contributed by atoms with Crippen LogP contribution in [-0.2, 0) is 6.54 Å². The second kappa shape index (κ2) is 7.29. The normalized spacial score (nSPS) is 11.6. The van der Waals surface area contributed by atoms with Crippen molar-refractivity contribution in [3.63, 3.8) is 0 Å². The first-order chi connectivity index (χ1) is 14.7. The Kier molecular flexibility index (Phi) is 4.33. The fraction of sp³-hybridized carbons (Fsp3) is 0.0435. The Bertz CT molecular complexity index is 1450. The number of azo groups is 1. The van der Waals surface area contributed by atoms with Crippen LogP contribution in [0.25, 0.3) is 21.8 Å². The second-order valence-electron chi connectivity index (χ2n) is 6.87. The van der Waals surface area contributed by atoms with E-state index < -0.39 is 0 Å². The first-order valence-corrected chi connectivity index (χ1v) is 9.45. The van der Waals surface area contributed by atoms with E-state index >= 15 is 0 Å². The summed E-state index contributed by atoms with van der Waals surface area (Å²) in [7, 11) is 0. The first kappa shape index (κ1) is 17.8. The molecule has 0 aliphatic rings. The average molecular weight is 395 g/mol. The Morgan fingerprint density at radius 1 is 0.867 bits per heavy atom. The fourth-order valence-electron chi connectivity index (χ4n) is 3.45. The zero-order valence-corrected chi connectivity index (χ0v) is 15.9. The minimum absolute atomic E-state index is 0.0855. The van der Waals surface area contributed by atoms with Gasteiger partial charge in [-0.15, -0.1) is 10.2 Å². The molecule has 2 heterocycles. The Morgan fingerprint density at radius 2 is 1.57 bits per heavy atom. The summed E-state index contributed by atoms with van der Waals surface area (Å²) in [5, 5.41) is 20.0. The molecule has 0 aliphatic heterocycles. The number of para-hydroxylation sites is 2. The minimum atomic E-state index is -0.193. The standard InChI is InChI=1S/C23H17N5O2/c29-21-20(16-10-4-6-12-18(16)24-21)26-27-23-25-19-13-7-5-11-17(19)22(30)28(23)14-15-8-2-1-3-9-15/h1-13,24,29H,14H2. The highest BCUT2D eigenvalue weighted by Gasteiger charge is 2.13. The van der Waals surface area contributed by atoms with Gasteiger partial charge in [-0.2, -0.15) is 0 Å². The molecule has 0 amide bonds. The lowest BCUT2D eigenvalue weighted by atomic mass is 10.2. The van der Waals surface area contributed by atoms with Crippen molar-refractivity contribution >= 4 is 33.4 Å². The van der Waals surface area contributed by atoms with Crippen molar-refractivity contribution in [1.82, 2.24) is 14.5 Å². The van der Waals surface area contributed by atoms with E-state index in [1.54, 1.807) is 12.1 Å². The number of H-pyrrole nitrogens is 1.